The van der Waals surface area contributed by atoms with E-state index in [1.165, 1.54) is 0 Å². The number of rotatable bonds is 3. The first-order chi connectivity index (χ1) is 7.18. The second kappa shape index (κ2) is 3.86. The average molecular weight is 205 g/mol. The highest BCUT2D eigenvalue weighted by Gasteiger charge is 2.07. The van der Waals surface area contributed by atoms with Crippen LogP contribution in [-0.2, 0) is 6.54 Å². The van der Waals surface area contributed by atoms with E-state index in [0.717, 1.165) is 24.1 Å². The van der Waals surface area contributed by atoms with Crippen LogP contribution in [0.15, 0.2) is 18.5 Å². The molecule has 2 N–H and O–H groups in total. The number of nitrogens with two attached hydrogens (primary N) is 1. The number of pyridine rings is 1. The van der Waals surface area contributed by atoms with Gasteiger partial charge in [0.25, 0.3) is 0 Å². The third kappa shape index (κ3) is 1.92. The van der Waals surface area contributed by atoms with Crippen molar-refractivity contribution in [2.75, 3.05) is 26.4 Å². The standard InChI is InChI=1S/C10H15N5/c1-14(2)5-6-15-9-3-4-12-7-8(9)13-10(15)11/h3-4,7H,5-6H2,1-2H3,(H2,11,13). The molecule has 5 nitrogen and oxygen atoms in total. The van der Waals surface area contributed by atoms with Crippen molar-refractivity contribution >= 4 is 17.0 Å². The van der Waals surface area contributed by atoms with Crippen LogP contribution in [0.2, 0.25) is 0 Å². The summed E-state index contributed by atoms with van der Waals surface area (Å²) < 4.78 is 2.01. The molecule has 5 heteroatoms. The summed E-state index contributed by atoms with van der Waals surface area (Å²) in [5.41, 5.74) is 7.75. The van der Waals surface area contributed by atoms with E-state index < -0.39 is 0 Å². The van der Waals surface area contributed by atoms with Crippen molar-refractivity contribution in [1.82, 2.24) is 19.4 Å². The van der Waals surface area contributed by atoms with E-state index in [4.69, 9.17) is 5.73 Å². The summed E-state index contributed by atoms with van der Waals surface area (Å²) in [5, 5.41) is 0. The Hall–Kier alpha value is -1.62. The molecule has 2 aromatic rings. The Morgan fingerprint density at radius 3 is 3.00 bits per heavy atom. The Bertz CT molecular complexity index is 460. The lowest BCUT2D eigenvalue weighted by Gasteiger charge is -2.11. The lowest BCUT2D eigenvalue weighted by atomic mass is 10.4. The van der Waals surface area contributed by atoms with Gasteiger partial charge in [0.1, 0.15) is 5.52 Å². The molecule has 0 aliphatic carbocycles. The number of hydrogen-bond acceptors (Lipinski definition) is 4. The van der Waals surface area contributed by atoms with Crippen LogP contribution in [0.1, 0.15) is 0 Å². The lowest BCUT2D eigenvalue weighted by Crippen LogP contribution is -2.19. The molecule has 0 aromatic carbocycles. The SMILES string of the molecule is CN(C)CCn1c(N)nc2cnccc21. The number of likely N-dealkylation sites (N-methyl/N-ethyl adjacent to an activating group) is 1. The van der Waals surface area contributed by atoms with Crippen LogP contribution in [-0.4, -0.2) is 40.1 Å². The third-order valence-electron chi connectivity index (χ3n) is 2.35. The highest BCUT2D eigenvalue weighted by molar-refractivity contribution is 5.76. The van der Waals surface area contributed by atoms with E-state index in [2.05, 4.69) is 14.9 Å². The molecule has 80 valence electrons. The molecule has 0 saturated carbocycles. The van der Waals surface area contributed by atoms with Gasteiger partial charge in [0.15, 0.2) is 0 Å². The van der Waals surface area contributed by atoms with E-state index in [1.807, 2.05) is 24.7 Å². The maximum atomic E-state index is 5.85. The predicted molar refractivity (Wildman–Crippen MR) is 60.5 cm³/mol. The first kappa shape index (κ1) is 9.92. The molecule has 0 fully saturated rings. The minimum Gasteiger partial charge on any atom is -0.369 e. The van der Waals surface area contributed by atoms with Crippen LogP contribution >= 0.6 is 0 Å². The van der Waals surface area contributed by atoms with Gasteiger partial charge in [0, 0.05) is 19.3 Å². The molecule has 2 heterocycles. The summed E-state index contributed by atoms with van der Waals surface area (Å²) >= 11 is 0. The van der Waals surface area contributed by atoms with Gasteiger partial charge in [0.2, 0.25) is 5.95 Å². The lowest BCUT2D eigenvalue weighted by molar-refractivity contribution is 0.387. The fourth-order valence-electron chi connectivity index (χ4n) is 1.54. The summed E-state index contributed by atoms with van der Waals surface area (Å²) in [7, 11) is 4.08. The van der Waals surface area contributed by atoms with Crippen LogP contribution in [0.25, 0.3) is 11.0 Å². The molecule has 0 bridgehead atoms. The Balaban J connectivity index is 2.36. The molecule has 0 unspecified atom stereocenters. The Labute approximate surface area is 88.5 Å². The second-order valence-electron chi connectivity index (χ2n) is 3.79. The molecule has 2 rings (SSSR count). The van der Waals surface area contributed by atoms with Crippen LogP contribution in [0.3, 0.4) is 0 Å². The van der Waals surface area contributed by atoms with Crippen LogP contribution in [0.5, 0.6) is 0 Å². The van der Waals surface area contributed by atoms with Crippen LogP contribution in [0.4, 0.5) is 5.95 Å². The Kier molecular flexibility index (Phi) is 2.55. The second-order valence-corrected chi connectivity index (χ2v) is 3.79. The molecule has 0 amide bonds. The first-order valence-electron chi connectivity index (χ1n) is 4.89. The quantitative estimate of drug-likeness (QED) is 0.796. The number of hydrogen-bond donors (Lipinski definition) is 1. The summed E-state index contributed by atoms with van der Waals surface area (Å²) in [5.74, 6) is 0.555. The van der Waals surface area contributed by atoms with Gasteiger partial charge in [-0.3, -0.25) is 4.98 Å². The summed E-state index contributed by atoms with van der Waals surface area (Å²) in [6.45, 7) is 1.79. The highest BCUT2D eigenvalue weighted by atomic mass is 15.2. The molecular weight excluding hydrogens is 190 g/mol. The molecule has 0 spiro atoms. The van der Waals surface area contributed by atoms with Crippen molar-refractivity contribution in [3.63, 3.8) is 0 Å². The van der Waals surface area contributed by atoms with Crippen molar-refractivity contribution in [2.45, 2.75) is 6.54 Å². The number of nitrogens with zero attached hydrogens (tertiary/aromatic N) is 4. The minimum absolute atomic E-state index is 0.555. The van der Waals surface area contributed by atoms with E-state index in [-0.39, 0.29) is 0 Å². The normalized spacial score (nSPS) is 11.4. The van der Waals surface area contributed by atoms with Gasteiger partial charge in [-0.2, -0.15) is 0 Å². The Morgan fingerprint density at radius 2 is 2.27 bits per heavy atom. The maximum Gasteiger partial charge on any atom is 0.201 e. The van der Waals surface area contributed by atoms with Crippen molar-refractivity contribution in [1.29, 1.82) is 0 Å². The topological polar surface area (TPSA) is 60.0 Å². The van der Waals surface area contributed by atoms with E-state index in [0.29, 0.717) is 5.95 Å². The van der Waals surface area contributed by atoms with Gasteiger partial charge in [-0.05, 0) is 20.2 Å². The zero-order valence-electron chi connectivity index (χ0n) is 9.01. The maximum absolute atomic E-state index is 5.85. The zero-order valence-corrected chi connectivity index (χ0v) is 9.01. The highest BCUT2D eigenvalue weighted by Crippen LogP contribution is 2.15. The van der Waals surface area contributed by atoms with E-state index in [9.17, 15) is 0 Å². The van der Waals surface area contributed by atoms with Gasteiger partial charge >= 0.3 is 0 Å². The van der Waals surface area contributed by atoms with Crippen molar-refractivity contribution in [2.24, 2.45) is 0 Å². The van der Waals surface area contributed by atoms with Gasteiger partial charge in [-0.25, -0.2) is 4.98 Å². The molecule has 15 heavy (non-hydrogen) atoms. The Morgan fingerprint density at radius 1 is 1.47 bits per heavy atom. The van der Waals surface area contributed by atoms with Crippen LogP contribution in [0, 0.1) is 0 Å². The number of aromatic nitrogens is 3. The predicted octanol–water partition coefficient (Wildman–Crippen LogP) is 0.575. The fourth-order valence-corrected chi connectivity index (χ4v) is 1.54. The molecule has 0 radical (unpaired) electrons. The molecule has 0 saturated heterocycles. The van der Waals surface area contributed by atoms with Gasteiger partial charge in [-0.1, -0.05) is 0 Å². The van der Waals surface area contributed by atoms with Gasteiger partial charge in [-0.15, -0.1) is 0 Å². The fraction of sp³-hybridized carbons (Fsp3) is 0.400. The number of anilines is 1. The van der Waals surface area contributed by atoms with Gasteiger partial charge < -0.3 is 15.2 Å². The monoisotopic (exact) mass is 205 g/mol. The van der Waals surface area contributed by atoms with Gasteiger partial charge in [0.05, 0.1) is 11.7 Å². The summed E-state index contributed by atoms with van der Waals surface area (Å²) in [6.07, 6.45) is 3.49. The molecular formula is C10H15N5. The number of nitrogen functional groups attached to an aromatic ring is 1. The summed E-state index contributed by atoms with van der Waals surface area (Å²) in [6, 6.07) is 1.94. The molecule has 0 aliphatic rings. The van der Waals surface area contributed by atoms with E-state index >= 15 is 0 Å². The molecule has 2 aromatic heterocycles. The van der Waals surface area contributed by atoms with Crippen molar-refractivity contribution in [3.05, 3.63) is 18.5 Å². The van der Waals surface area contributed by atoms with Crippen molar-refractivity contribution < 1.29 is 0 Å². The average Bonchev–Trinajstić information content (AvgIpc) is 2.50. The smallest absolute Gasteiger partial charge is 0.201 e. The van der Waals surface area contributed by atoms with Crippen molar-refractivity contribution in [3.8, 4) is 0 Å². The van der Waals surface area contributed by atoms with Crippen LogP contribution < -0.4 is 5.73 Å². The third-order valence-corrected chi connectivity index (χ3v) is 2.35. The largest absolute Gasteiger partial charge is 0.369 e. The zero-order chi connectivity index (χ0) is 10.8. The number of fused-ring (bicyclic) bond motifs is 1. The van der Waals surface area contributed by atoms with E-state index in [1.54, 1.807) is 12.4 Å². The first-order valence-corrected chi connectivity index (χ1v) is 4.89. The molecule has 0 aliphatic heterocycles. The summed E-state index contributed by atoms with van der Waals surface area (Å²) in [4.78, 5) is 10.4. The molecule has 0 atom stereocenters. The number of imidazole rings is 1. The minimum atomic E-state index is 0.555.